The Hall–Kier alpha value is -8.30. The summed E-state index contributed by atoms with van der Waals surface area (Å²) in [5, 5.41) is 34.3. The van der Waals surface area contributed by atoms with Crippen molar-refractivity contribution in [3.05, 3.63) is 292 Å². The molecule has 84 heavy (non-hydrogen) atoms. The van der Waals surface area contributed by atoms with Crippen molar-refractivity contribution >= 4 is 162 Å². The highest BCUT2D eigenvalue weighted by molar-refractivity contribution is 9.11. The standard InChI is InChI=1S/C36H23BrO2Si.C24H19BO3Si.C12H6Br2O/c37-29-19-11-21-31-34(29)28-18-9-16-26(35(28)39-31)27-17-10-23-33-36(27)38-30-20-7-8-22-32(30)40(33,24-12-3-1-4-13-24)25-14-5-2-6-15-25;26-25(27)20-14-9-17-23-24(20)28-21-15-7-8-16-22(21)29(23,18-10-3-1-4-11-18)19-12-5-2-6-13-19;13-8-4-2-6-10-11(8)7-3-1-5-9(14)12(7)15-10/h1-23H;1-17,26-27H;1-6H. The molecule has 12 aromatic carbocycles. The molecule has 12 heteroatoms. The minimum absolute atomic E-state index is 0.390. The molecule has 0 saturated heterocycles. The summed E-state index contributed by atoms with van der Waals surface area (Å²) in [5.74, 6) is 3.15. The van der Waals surface area contributed by atoms with Crippen molar-refractivity contribution < 1.29 is 28.4 Å². The van der Waals surface area contributed by atoms with E-state index in [0.29, 0.717) is 11.2 Å². The van der Waals surface area contributed by atoms with Gasteiger partial charge in [-0.05, 0) is 99.9 Å². The van der Waals surface area contributed by atoms with Crippen molar-refractivity contribution in [3.63, 3.8) is 0 Å². The van der Waals surface area contributed by atoms with E-state index in [9.17, 15) is 10.0 Å². The largest absolute Gasteiger partial charge is 0.492 e. The molecule has 6 nitrogen and oxygen atoms in total. The van der Waals surface area contributed by atoms with Gasteiger partial charge in [-0.1, -0.05) is 268 Å². The second-order valence-corrected chi connectivity index (χ2v) is 30.7. The van der Waals surface area contributed by atoms with E-state index in [1.54, 1.807) is 6.07 Å². The van der Waals surface area contributed by atoms with E-state index >= 15 is 0 Å². The minimum Gasteiger partial charge on any atom is -0.458 e. The van der Waals surface area contributed by atoms with Crippen LogP contribution in [0.15, 0.2) is 301 Å². The Balaban J connectivity index is 0.000000124. The molecule has 0 bridgehead atoms. The maximum atomic E-state index is 10.0. The highest BCUT2D eigenvalue weighted by atomic mass is 79.9. The predicted molar refractivity (Wildman–Crippen MR) is 360 cm³/mol. The van der Waals surface area contributed by atoms with E-state index in [-0.39, 0.29) is 0 Å². The molecule has 2 aliphatic rings. The molecule has 404 valence electrons. The summed E-state index contributed by atoms with van der Waals surface area (Å²) in [5.41, 5.74) is 6.00. The van der Waals surface area contributed by atoms with Gasteiger partial charge in [0, 0.05) is 47.1 Å². The maximum Gasteiger partial charge on any atom is 0.492 e. The van der Waals surface area contributed by atoms with Crippen LogP contribution < -0.4 is 56.4 Å². The molecule has 16 rings (SSSR count). The Morgan fingerprint density at radius 3 is 1.19 bits per heavy atom. The van der Waals surface area contributed by atoms with Gasteiger partial charge in [0.2, 0.25) is 0 Å². The monoisotopic (exact) mass is 1310 g/mol. The number of benzene rings is 12. The molecule has 2 N–H and O–H groups in total. The van der Waals surface area contributed by atoms with Gasteiger partial charge in [-0.25, -0.2) is 0 Å². The van der Waals surface area contributed by atoms with E-state index < -0.39 is 23.3 Å². The molecule has 14 aromatic rings. The Labute approximate surface area is 512 Å². The smallest absolute Gasteiger partial charge is 0.458 e. The lowest BCUT2D eigenvalue weighted by molar-refractivity contribution is 0.421. The molecule has 0 radical (unpaired) electrons. The van der Waals surface area contributed by atoms with Crippen LogP contribution in [0.2, 0.25) is 0 Å². The first-order chi connectivity index (χ1) is 41.3. The molecule has 2 aromatic heterocycles. The molecule has 0 spiro atoms. The SMILES string of the molecule is Brc1cccc2c1oc1cccc(Br)c12.Brc1cccc2oc3c(-c4cccc5c4Oc4ccccc4[Si]5(c4ccccc4)c4ccccc4)cccc3c12.OB(O)c1cccc2c1Oc1ccccc1[Si]2(c1ccccc1)c1ccccc1. The third-order valence-electron chi connectivity index (χ3n) is 16.2. The summed E-state index contributed by atoms with van der Waals surface area (Å²) in [7, 11) is -7.02. The summed E-state index contributed by atoms with van der Waals surface area (Å²) in [6.07, 6.45) is 0. The third-order valence-corrected chi connectivity index (χ3v) is 27.8. The fourth-order valence-corrected chi connectivity index (χ4v) is 24.2. The van der Waals surface area contributed by atoms with E-state index in [0.717, 1.165) is 96.0 Å². The van der Waals surface area contributed by atoms with Crippen LogP contribution in [0.4, 0.5) is 0 Å². The van der Waals surface area contributed by atoms with Gasteiger partial charge in [-0.15, -0.1) is 0 Å². The molecular formula is C72H48BBr3O6Si2. The van der Waals surface area contributed by atoms with Gasteiger partial charge in [0.1, 0.15) is 45.3 Å². The second-order valence-electron chi connectivity index (χ2n) is 20.7. The number of rotatable bonds is 6. The Morgan fingerprint density at radius 2 is 0.679 bits per heavy atom. The van der Waals surface area contributed by atoms with E-state index in [2.05, 4.69) is 242 Å². The van der Waals surface area contributed by atoms with Crippen LogP contribution >= 0.6 is 47.8 Å². The summed E-state index contributed by atoms with van der Waals surface area (Å²) in [6.45, 7) is 0. The van der Waals surface area contributed by atoms with Gasteiger partial charge < -0.3 is 28.4 Å². The van der Waals surface area contributed by atoms with E-state index in [1.165, 1.54) is 31.1 Å². The number of ether oxygens (including phenoxy) is 2. The zero-order valence-corrected chi connectivity index (χ0v) is 51.6. The Bertz CT molecular complexity index is 4690. The van der Waals surface area contributed by atoms with Crippen molar-refractivity contribution in [2.75, 3.05) is 0 Å². The minimum atomic E-state index is -2.71. The molecule has 0 atom stereocenters. The first-order valence-corrected chi connectivity index (χ1v) is 33.9. The summed E-state index contributed by atoms with van der Waals surface area (Å²) in [4.78, 5) is 0. The van der Waals surface area contributed by atoms with Crippen molar-refractivity contribution in [2.45, 2.75) is 0 Å². The summed E-state index contributed by atoms with van der Waals surface area (Å²) >= 11 is 10.8. The highest BCUT2D eigenvalue weighted by Gasteiger charge is 2.50. The van der Waals surface area contributed by atoms with Gasteiger partial charge >= 0.3 is 7.12 Å². The highest BCUT2D eigenvalue weighted by Crippen LogP contribution is 2.44. The molecule has 2 aliphatic heterocycles. The van der Waals surface area contributed by atoms with Crippen molar-refractivity contribution in [1.82, 2.24) is 0 Å². The van der Waals surface area contributed by atoms with Crippen LogP contribution in [0.1, 0.15) is 0 Å². The number of hydrogen-bond donors (Lipinski definition) is 2. The number of furan rings is 2. The number of hydrogen-bond acceptors (Lipinski definition) is 6. The van der Waals surface area contributed by atoms with Gasteiger partial charge in [-0.3, -0.25) is 0 Å². The number of halogens is 3. The molecule has 4 heterocycles. The van der Waals surface area contributed by atoms with Crippen LogP contribution in [-0.4, -0.2) is 33.3 Å². The molecule has 0 fully saturated rings. The zero-order chi connectivity index (χ0) is 56.9. The third kappa shape index (κ3) is 8.86. The Kier molecular flexibility index (Phi) is 14.3. The van der Waals surface area contributed by atoms with Crippen LogP contribution in [0, 0.1) is 0 Å². The average Bonchev–Trinajstić information content (AvgIpc) is 1.56. The van der Waals surface area contributed by atoms with Crippen molar-refractivity contribution in [2.24, 2.45) is 0 Å². The van der Waals surface area contributed by atoms with Gasteiger partial charge in [0.15, 0.2) is 16.1 Å². The zero-order valence-electron chi connectivity index (χ0n) is 44.8. The van der Waals surface area contributed by atoms with Crippen molar-refractivity contribution in [3.8, 4) is 34.1 Å². The summed E-state index contributed by atoms with van der Waals surface area (Å²) < 4.78 is 28.6. The second kappa shape index (κ2) is 22.4. The molecule has 0 aliphatic carbocycles. The van der Waals surface area contributed by atoms with E-state index in [4.69, 9.17) is 18.3 Å². The quantitative estimate of drug-likeness (QED) is 0.161. The fraction of sp³-hybridized carbons (Fsp3) is 0. The van der Waals surface area contributed by atoms with Crippen molar-refractivity contribution in [1.29, 1.82) is 0 Å². The lowest BCUT2D eigenvalue weighted by atomic mass is 9.79. The lowest BCUT2D eigenvalue weighted by Crippen LogP contribution is -2.76. The molecule has 0 unspecified atom stereocenters. The first-order valence-electron chi connectivity index (χ1n) is 27.5. The normalized spacial score (nSPS) is 13.2. The first kappa shape index (κ1) is 53.7. The topological polar surface area (TPSA) is 85.2 Å². The number of fused-ring (bicyclic) bond motifs is 10. The Morgan fingerprint density at radius 1 is 0.310 bits per heavy atom. The number of para-hydroxylation sites is 6. The van der Waals surface area contributed by atoms with Crippen LogP contribution in [0.3, 0.4) is 0 Å². The maximum absolute atomic E-state index is 10.0. The average molecular weight is 1320 g/mol. The van der Waals surface area contributed by atoms with E-state index in [1.807, 2.05) is 78.9 Å². The molecule has 0 amide bonds. The van der Waals surface area contributed by atoms with Crippen LogP contribution in [-0.2, 0) is 0 Å². The molecule has 0 saturated carbocycles. The van der Waals surface area contributed by atoms with Gasteiger partial charge in [-0.2, -0.15) is 0 Å². The fourth-order valence-electron chi connectivity index (χ4n) is 12.7. The van der Waals surface area contributed by atoms with Gasteiger partial charge in [0.25, 0.3) is 0 Å². The van der Waals surface area contributed by atoms with Crippen LogP contribution in [0.5, 0.6) is 23.0 Å². The summed E-state index contributed by atoms with van der Waals surface area (Å²) in [6, 6.07) is 96.5. The van der Waals surface area contributed by atoms with Gasteiger partial charge in [0.05, 0.1) is 4.47 Å². The van der Waals surface area contributed by atoms with Crippen LogP contribution in [0.25, 0.3) is 55.0 Å². The lowest BCUT2D eigenvalue weighted by Gasteiger charge is -2.40. The molecular weight excluding hydrogens is 1270 g/mol. The predicted octanol–water partition coefficient (Wildman–Crippen LogP) is 13.5.